The van der Waals surface area contributed by atoms with Gasteiger partial charge in [0.1, 0.15) is 0 Å². The van der Waals surface area contributed by atoms with Crippen LogP contribution in [0.1, 0.15) is 51.4 Å². The SMILES string of the molecule is O=C(NC1CCCCC1)N1CCC(OCCCO)CC1. The Morgan fingerprint density at radius 1 is 1.15 bits per heavy atom. The van der Waals surface area contributed by atoms with E-state index < -0.39 is 0 Å². The molecule has 5 heteroatoms. The van der Waals surface area contributed by atoms with Crippen LogP contribution in [-0.4, -0.2) is 54.5 Å². The lowest BCUT2D eigenvalue weighted by atomic mass is 9.96. The predicted molar refractivity (Wildman–Crippen MR) is 77.7 cm³/mol. The van der Waals surface area contributed by atoms with E-state index in [9.17, 15) is 4.79 Å². The van der Waals surface area contributed by atoms with Gasteiger partial charge in [-0.1, -0.05) is 19.3 Å². The standard InChI is InChI=1S/C15H28N2O3/c18-11-4-12-20-14-7-9-17(10-8-14)15(19)16-13-5-2-1-3-6-13/h13-14,18H,1-12H2,(H,16,19). The third-order valence-corrected chi connectivity index (χ3v) is 4.32. The van der Waals surface area contributed by atoms with Gasteiger partial charge in [0.25, 0.3) is 0 Å². The van der Waals surface area contributed by atoms with E-state index in [1.165, 1.54) is 19.3 Å². The fourth-order valence-electron chi connectivity index (χ4n) is 3.05. The Kier molecular flexibility index (Phi) is 6.60. The molecule has 20 heavy (non-hydrogen) atoms. The monoisotopic (exact) mass is 284 g/mol. The Hall–Kier alpha value is -0.810. The number of ether oxygens (including phenoxy) is 1. The van der Waals surface area contributed by atoms with Crippen LogP contribution in [0, 0.1) is 0 Å². The van der Waals surface area contributed by atoms with Gasteiger partial charge in [-0.25, -0.2) is 4.79 Å². The summed E-state index contributed by atoms with van der Waals surface area (Å²) in [5, 5.41) is 11.9. The quantitative estimate of drug-likeness (QED) is 0.758. The van der Waals surface area contributed by atoms with E-state index in [4.69, 9.17) is 9.84 Å². The number of likely N-dealkylation sites (tertiary alicyclic amines) is 1. The third-order valence-electron chi connectivity index (χ3n) is 4.32. The van der Waals surface area contributed by atoms with E-state index >= 15 is 0 Å². The molecule has 0 unspecified atom stereocenters. The fraction of sp³-hybridized carbons (Fsp3) is 0.933. The third kappa shape index (κ3) is 4.94. The average molecular weight is 284 g/mol. The average Bonchev–Trinajstić information content (AvgIpc) is 2.49. The molecule has 0 bridgehead atoms. The number of nitrogens with one attached hydrogen (secondary N) is 1. The van der Waals surface area contributed by atoms with Gasteiger partial charge in [-0.15, -0.1) is 0 Å². The number of amides is 2. The second-order valence-electron chi connectivity index (χ2n) is 5.92. The number of urea groups is 1. The Morgan fingerprint density at radius 2 is 1.85 bits per heavy atom. The number of aliphatic hydroxyl groups is 1. The zero-order valence-electron chi connectivity index (χ0n) is 12.4. The van der Waals surface area contributed by atoms with Crippen LogP contribution >= 0.6 is 0 Å². The van der Waals surface area contributed by atoms with Gasteiger partial charge in [-0.2, -0.15) is 0 Å². The highest BCUT2D eigenvalue weighted by molar-refractivity contribution is 5.74. The van der Waals surface area contributed by atoms with E-state index in [1.54, 1.807) is 0 Å². The summed E-state index contributed by atoms with van der Waals surface area (Å²) in [6, 6.07) is 0.487. The second-order valence-corrected chi connectivity index (χ2v) is 5.92. The largest absolute Gasteiger partial charge is 0.396 e. The lowest BCUT2D eigenvalue weighted by Crippen LogP contribution is -2.49. The molecule has 2 aliphatic rings. The molecule has 1 aliphatic heterocycles. The summed E-state index contributed by atoms with van der Waals surface area (Å²) in [6.07, 6.45) is 8.81. The lowest BCUT2D eigenvalue weighted by molar-refractivity contribution is 0.00889. The molecule has 0 radical (unpaired) electrons. The molecule has 0 aromatic rings. The summed E-state index contributed by atoms with van der Waals surface area (Å²) in [4.78, 5) is 14.1. The van der Waals surface area contributed by atoms with Crippen LogP contribution < -0.4 is 5.32 Å². The molecule has 2 rings (SSSR count). The van der Waals surface area contributed by atoms with Crippen LogP contribution in [0.5, 0.6) is 0 Å². The smallest absolute Gasteiger partial charge is 0.317 e. The normalized spacial score (nSPS) is 21.9. The number of aliphatic hydroxyl groups excluding tert-OH is 1. The molecule has 116 valence electrons. The van der Waals surface area contributed by atoms with Gasteiger partial charge in [0, 0.05) is 32.3 Å². The van der Waals surface area contributed by atoms with Crippen molar-refractivity contribution >= 4 is 6.03 Å². The van der Waals surface area contributed by atoms with Crippen molar-refractivity contribution in [1.29, 1.82) is 0 Å². The summed E-state index contributed by atoms with van der Waals surface area (Å²) in [5.41, 5.74) is 0. The first kappa shape index (κ1) is 15.6. The maximum atomic E-state index is 12.2. The van der Waals surface area contributed by atoms with Crippen LogP contribution in [-0.2, 0) is 4.74 Å². The minimum atomic E-state index is 0.103. The van der Waals surface area contributed by atoms with Crippen LogP contribution in [0.3, 0.4) is 0 Å². The first-order chi connectivity index (χ1) is 9.79. The first-order valence-electron chi connectivity index (χ1n) is 8.07. The predicted octanol–water partition coefficient (Wildman–Crippen LogP) is 1.89. The summed E-state index contributed by atoms with van der Waals surface area (Å²) in [5.74, 6) is 0. The maximum Gasteiger partial charge on any atom is 0.317 e. The summed E-state index contributed by atoms with van der Waals surface area (Å²) < 4.78 is 5.68. The van der Waals surface area contributed by atoms with Gasteiger partial charge in [0.05, 0.1) is 6.10 Å². The number of hydrogen-bond acceptors (Lipinski definition) is 3. The van der Waals surface area contributed by atoms with Gasteiger partial charge in [0.2, 0.25) is 0 Å². The van der Waals surface area contributed by atoms with E-state index in [0.717, 1.165) is 38.8 Å². The molecule has 0 atom stereocenters. The minimum Gasteiger partial charge on any atom is -0.396 e. The zero-order chi connectivity index (χ0) is 14.2. The highest BCUT2D eigenvalue weighted by Crippen LogP contribution is 2.19. The van der Waals surface area contributed by atoms with E-state index in [1.807, 2.05) is 4.90 Å². The summed E-state index contributed by atoms with van der Waals surface area (Å²) >= 11 is 0. The molecule has 2 fully saturated rings. The van der Waals surface area contributed by atoms with E-state index in [-0.39, 0.29) is 18.7 Å². The number of piperidine rings is 1. The Balaban J connectivity index is 1.63. The minimum absolute atomic E-state index is 0.103. The number of hydrogen-bond donors (Lipinski definition) is 2. The molecule has 1 saturated heterocycles. The van der Waals surface area contributed by atoms with Gasteiger partial charge in [0.15, 0.2) is 0 Å². The van der Waals surface area contributed by atoms with Crippen molar-refractivity contribution in [2.24, 2.45) is 0 Å². The molecule has 0 aromatic carbocycles. The van der Waals surface area contributed by atoms with Gasteiger partial charge in [-0.3, -0.25) is 0 Å². The van der Waals surface area contributed by atoms with Crippen molar-refractivity contribution in [3.63, 3.8) is 0 Å². The lowest BCUT2D eigenvalue weighted by Gasteiger charge is -2.33. The van der Waals surface area contributed by atoms with Crippen LogP contribution in [0.25, 0.3) is 0 Å². The van der Waals surface area contributed by atoms with Crippen LogP contribution in [0.2, 0.25) is 0 Å². The van der Waals surface area contributed by atoms with Gasteiger partial charge < -0.3 is 20.1 Å². The Bertz CT molecular complexity index is 285. The zero-order valence-corrected chi connectivity index (χ0v) is 12.4. The summed E-state index contributed by atoms with van der Waals surface area (Å²) in [6.45, 7) is 2.36. The number of rotatable bonds is 5. The Labute approximate surface area is 121 Å². The van der Waals surface area contributed by atoms with Crippen molar-refractivity contribution in [3.05, 3.63) is 0 Å². The van der Waals surface area contributed by atoms with Crippen LogP contribution in [0.4, 0.5) is 4.79 Å². The maximum absolute atomic E-state index is 12.2. The topological polar surface area (TPSA) is 61.8 Å². The summed E-state index contributed by atoms with van der Waals surface area (Å²) in [7, 11) is 0. The van der Waals surface area contributed by atoms with Crippen LogP contribution in [0.15, 0.2) is 0 Å². The van der Waals surface area contributed by atoms with Gasteiger partial charge >= 0.3 is 6.03 Å². The van der Waals surface area contributed by atoms with Crippen molar-refractivity contribution in [1.82, 2.24) is 10.2 Å². The molecule has 0 spiro atoms. The highest BCUT2D eigenvalue weighted by Gasteiger charge is 2.25. The Morgan fingerprint density at radius 3 is 2.50 bits per heavy atom. The number of carbonyl (C=O) groups excluding carboxylic acids is 1. The van der Waals surface area contributed by atoms with Crippen molar-refractivity contribution in [2.45, 2.75) is 63.5 Å². The molecule has 0 aromatic heterocycles. The molecule has 2 amide bonds. The molecular weight excluding hydrogens is 256 g/mol. The molecule has 2 N–H and O–H groups in total. The highest BCUT2D eigenvalue weighted by atomic mass is 16.5. The molecule has 5 nitrogen and oxygen atoms in total. The molecule has 1 saturated carbocycles. The number of nitrogens with zero attached hydrogens (tertiary/aromatic N) is 1. The van der Waals surface area contributed by atoms with E-state index in [2.05, 4.69) is 5.32 Å². The number of carbonyl (C=O) groups is 1. The second kappa shape index (κ2) is 8.47. The van der Waals surface area contributed by atoms with Gasteiger partial charge in [-0.05, 0) is 32.1 Å². The molecular formula is C15H28N2O3. The first-order valence-corrected chi connectivity index (χ1v) is 8.07. The fourth-order valence-corrected chi connectivity index (χ4v) is 3.05. The van der Waals surface area contributed by atoms with Crippen molar-refractivity contribution < 1.29 is 14.6 Å². The van der Waals surface area contributed by atoms with Crippen molar-refractivity contribution in [3.8, 4) is 0 Å². The molecule has 1 aliphatic carbocycles. The molecule has 1 heterocycles. The van der Waals surface area contributed by atoms with E-state index in [0.29, 0.717) is 19.1 Å². The van der Waals surface area contributed by atoms with Crippen molar-refractivity contribution in [2.75, 3.05) is 26.3 Å².